The van der Waals surface area contributed by atoms with Gasteiger partial charge in [0.2, 0.25) is 5.91 Å². The molecule has 28 heavy (non-hydrogen) atoms. The number of carbonyl (C=O) groups is 1. The Morgan fingerprint density at radius 1 is 1.18 bits per heavy atom. The predicted molar refractivity (Wildman–Crippen MR) is 108 cm³/mol. The highest BCUT2D eigenvalue weighted by atomic mass is 16.5. The number of hydrogen-bond donors (Lipinski definition) is 0. The van der Waals surface area contributed by atoms with Crippen molar-refractivity contribution in [3.05, 3.63) is 59.5 Å². The van der Waals surface area contributed by atoms with Gasteiger partial charge in [-0.3, -0.25) is 4.79 Å². The van der Waals surface area contributed by atoms with Crippen molar-refractivity contribution in [1.82, 2.24) is 19.4 Å². The summed E-state index contributed by atoms with van der Waals surface area (Å²) in [6, 6.07) is 12.3. The Bertz CT molecular complexity index is 957. The third kappa shape index (κ3) is 3.64. The van der Waals surface area contributed by atoms with E-state index in [0.29, 0.717) is 13.0 Å². The number of benzene rings is 1. The van der Waals surface area contributed by atoms with Crippen LogP contribution in [0.15, 0.2) is 42.6 Å². The Balaban J connectivity index is 1.42. The molecule has 0 aliphatic carbocycles. The second-order valence-electron chi connectivity index (χ2n) is 7.42. The first kappa shape index (κ1) is 18.6. The molecule has 0 spiro atoms. The number of pyridine rings is 1. The molecule has 1 amide bonds. The van der Waals surface area contributed by atoms with Crippen LogP contribution < -0.4 is 0 Å². The first-order chi connectivity index (χ1) is 13.7. The third-order valence-corrected chi connectivity index (χ3v) is 5.36. The number of amides is 1. The Hall–Kier alpha value is -2.73. The highest BCUT2D eigenvalue weighted by Gasteiger charge is 2.23. The second-order valence-corrected chi connectivity index (χ2v) is 7.42. The average molecular weight is 378 g/mol. The molecule has 6 nitrogen and oxygen atoms in total. The largest absolute Gasteiger partial charge is 0.383 e. The van der Waals surface area contributed by atoms with Crippen LogP contribution in [0.5, 0.6) is 0 Å². The van der Waals surface area contributed by atoms with Crippen LogP contribution in [0.3, 0.4) is 0 Å². The monoisotopic (exact) mass is 378 g/mol. The molecule has 2 aromatic heterocycles. The summed E-state index contributed by atoms with van der Waals surface area (Å²) >= 11 is 0. The van der Waals surface area contributed by atoms with E-state index in [0.717, 1.165) is 42.9 Å². The summed E-state index contributed by atoms with van der Waals surface area (Å²) in [5.41, 5.74) is 4.29. The van der Waals surface area contributed by atoms with E-state index in [9.17, 15) is 4.79 Å². The molecule has 3 heterocycles. The van der Waals surface area contributed by atoms with Crippen LogP contribution in [0.1, 0.15) is 42.8 Å². The molecule has 4 rings (SSSR count). The van der Waals surface area contributed by atoms with E-state index in [1.54, 1.807) is 13.3 Å². The fourth-order valence-corrected chi connectivity index (χ4v) is 4.00. The van der Waals surface area contributed by atoms with Crippen molar-refractivity contribution >= 4 is 17.1 Å². The first-order valence-corrected chi connectivity index (χ1v) is 9.82. The van der Waals surface area contributed by atoms with Crippen molar-refractivity contribution in [3.8, 4) is 0 Å². The highest BCUT2D eigenvalue weighted by molar-refractivity contribution is 5.77. The molecule has 1 atom stereocenters. The molecular formula is C22H26N4O2. The van der Waals surface area contributed by atoms with E-state index in [2.05, 4.69) is 28.6 Å². The number of rotatable bonds is 7. The van der Waals surface area contributed by atoms with Gasteiger partial charge in [-0.05, 0) is 36.6 Å². The molecule has 0 unspecified atom stereocenters. The first-order valence-electron chi connectivity index (χ1n) is 9.82. The quantitative estimate of drug-likeness (QED) is 0.631. The zero-order valence-corrected chi connectivity index (χ0v) is 16.5. The number of imidazole rings is 1. The lowest BCUT2D eigenvalue weighted by Gasteiger charge is -2.17. The molecule has 0 fully saturated rings. The van der Waals surface area contributed by atoms with Crippen molar-refractivity contribution in [2.75, 3.05) is 13.7 Å². The summed E-state index contributed by atoms with van der Waals surface area (Å²) < 4.78 is 7.48. The van der Waals surface area contributed by atoms with Crippen molar-refractivity contribution < 1.29 is 9.53 Å². The van der Waals surface area contributed by atoms with Crippen LogP contribution in [0, 0.1) is 0 Å². The fraction of sp³-hybridized carbons (Fsp3) is 0.409. The van der Waals surface area contributed by atoms with Gasteiger partial charge in [-0.15, -0.1) is 0 Å². The van der Waals surface area contributed by atoms with E-state index in [-0.39, 0.29) is 11.9 Å². The van der Waals surface area contributed by atoms with E-state index >= 15 is 0 Å². The number of carbonyl (C=O) groups excluding carboxylic acids is 1. The van der Waals surface area contributed by atoms with Gasteiger partial charge >= 0.3 is 0 Å². The molecule has 0 saturated carbocycles. The molecule has 0 bridgehead atoms. The lowest BCUT2D eigenvalue weighted by Crippen LogP contribution is -2.25. The Kier molecular flexibility index (Phi) is 5.39. The molecular weight excluding hydrogens is 352 g/mol. The lowest BCUT2D eigenvalue weighted by atomic mass is 10.1. The summed E-state index contributed by atoms with van der Waals surface area (Å²) in [7, 11) is 1.70. The number of fused-ring (bicyclic) bond motifs is 2. The van der Waals surface area contributed by atoms with Gasteiger partial charge in [0.15, 0.2) is 5.65 Å². The average Bonchev–Trinajstić information content (AvgIpc) is 3.29. The second kappa shape index (κ2) is 8.10. The number of aromatic nitrogens is 3. The minimum absolute atomic E-state index is 0.142. The normalized spacial score (nSPS) is 14.4. The van der Waals surface area contributed by atoms with Crippen LogP contribution in [0.4, 0.5) is 0 Å². The van der Waals surface area contributed by atoms with Crippen molar-refractivity contribution in [2.24, 2.45) is 0 Å². The van der Waals surface area contributed by atoms with Gasteiger partial charge in [0.25, 0.3) is 0 Å². The van der Waals surface area contributed by atoms with E-state index in [1.807, 2.05) is 29.2 Å². The molecule has 1 aliphatic heterocycles. The molecule has 146 valence electrons. The molecule has 0 radical (unpaired) electrons. The Morgan fingerprint density at radius 2 is 1.93 bits per heavy atom. The third-order valence-electron chi connectivity index (χ3n) is 5.36. The SMILES string of the molecule is COC[C@@H](C)n1c(CCCC(=O)N2Cc3ccccc3C2)nc2cccnc21. The van der Waals surface area contributed by atoms with Gasteiger partial charge in [-0.2, -0.15) is 0 Å². The maximum atomic E-state index is 12.7. The van der Waals surface area contributed by atoms with Crippen molar-refractivity contribution in [3.63, 3.8) is 0 Å². The Labute approximate surface area is 165 Å². The van der Waals surface area contributed by atoms with Gasteiger partial charge in [0.1, 0.15) is 11.3 Å². The molecule has 1 aliphatic rings. The Morgan fingerprint density at radius 3 is 2.64 bits per heavy atom. The highest BCUT2D eigenvalue weighted by Crippen LogP contribution is 2.24. The van der Waals surface area contributed by atoms with Gasteiger partial charge in [-0.1, -0.05) is 24.3 Å². The molecule has 1 aromatic carbocycles. The summed E-state index contributed by atoms with van der Waals surface area (Å²) in [5.74, 6) is 1.18. The van der Waals surface area contributed by atoms with Gasteiger partial charge < -0.3 is 14.2 Å². The lowest BCUT2D eigenvalue weighted by molar-refractivity contribution is -0.131. The number of methoxy groups -OCH3 is 1. The van der Waals surface area contributed by atoms with Crippen LogP contribution in [0.2, 0.25) is 0 Å². The number of nitrogens with zero attached hydrogens (tertiary/aromatic N) is 4. The van der Waals surface area contributed by atoms with Crippen LogP contribution in [0.25, 0.3) is 11.2 Å². The number of ether oxygens (including phenoxy) is 1. The molecule has 6 heteroatoms. The van der Waals surface area contributed by atoms with Crippen LogP contribution in [-0.4, -0.2) is 39.1 Å². The van der Waals surface area contributed by atoms with E-state index in [1.165, 1.54) is 11.1 Å². The standard InChI is InChI=1S/C22H26N4O2/c1-16(15-28-2)26-20(24-19-9-6-12-23-22(19)26)10-5-11-21(27)25-13-17-7-3-4-8-18(17)14-25/h3-4,6-9,12,16H,5,10-11,13-15H2,1-2H3/t16-/m1/s1. The minimum Gasteiger partial charge on any atom is -0.383 e. The molecule has 3 aromatic rings. The maximum absolute atomic E-state index is 12.7. The predicted octanol–water partition coefficient (Wildman–Crippen LogP) is 3.50. The maximum Gasteiger partial charge on any atom is 0.223 e. The van der Waals surface area contributed by atoms with Crippen molar-refractivity contribution in [1.29, 1.82) is 0 Å². The minimum atomic E-state index is 0.142. The number of aryl methyl sites for hydroxylation is 1. The van der Waals surface area contributed by atoms with Gasteiger partial charge in [0.05, 0.1) is 12.6 Å². The van der Waals surface area contributed by atoms with Crippen LogP contribution >= 0.6 is 0 Å². The van der Waals surface area contributed by atoms with Gasteiger partial charge in [-0.25, -0.2) is 9.97 Å². The zero-order valence-electron chi connectivity index (χ0n) is 16.5. The topological polar surface area (TPSA) is 60.2 Å². The smallest absolute Gasteiger partial charge is 0.223 e. The van der Waals surface area contributed by atoms with Gasteiger partial charge in [0, 0.05) is 39.2 Å². The van der Waals surface area contributed by atoms with Crippen LogP contribution in [-0.2, 0) is 29.0 Å². The van der Waals surface area contributed by atoms with E-state index in [4.69, 9.17) is 9.72 Å². The summed E-state index contributed by atoms with van der Waals surface area (Å²) in [6.45, 7) is 4.15. The summed E-state index contributed by atoms with van der Waals surface area (Å²) in [4.78, 5) is 23.9. The summed E-state index contributed by atoms with van der Waals surface area (Å²) in [6.07, 6.45) is 3.84. The number of hydrogen-bond acceptors (Lipinski definition) is 4. The summed E-state index contributed by atoms with van der Waals surface area (Å²) in [5, 5.41) is 0. The zero-order chi connectivity index (χ0) is 19.5. The fourth-order valence-electron chi connectivity index (χ4n) is 4.00. The van der Waals surface area contributed by atoms with E-state index < -0.39 is 0 Å². The molecule has 0 saturated heterocycles. The molecule has 0 N–H and O–H groups in total. The van der Waals surface area contributed by atoms with Crippen molar-refractivity contribution in [2.45, 2.75) is 45.3 Å².